The van der Waals surface area contributed by atoms with Crippen LogP contribution in [0.2, 0.25) is 0 Å². The lowest BCUT2D eigenvalue weighted by Crippen LogP contribution is -2.18. The number of fused-ring (bicyclic) bond motifs is 1. The van der Waals surface area contributed by atoms with Gasteiger partial charge in [0.05, 0.1) is 24.8 Å². The van der Waals surface area contributed by atoms with Gasteiger partial charge in [0.15, 0.2) is 5.90 Å². The number of terminal acetylenes is 1. The maximum absolute atomic E-state index is 14.0. The molecule has 0 spiro atoms. The van der Waals surface area contributed by atoms with Crippen molar-refractivity contribution >= 4 is 28.5 Å². The molecule has 1 aromatic heterocycles. The van der Waals surface area contributed by atoms with Gasteiger partial charge in [-0.2, -0.15) is 13.2 Å². The van der Waals surface area contributed by atoms with E-state index in [2.05, 4.69) is 28.1 Å². The fourth-order valence-corrected chi connectivity index (χ4v) is 3.51. The van der Waals surface area contributed by atoms with Gasteiger partial charge >= 0.3 is 12.1 Å². The molecule has 6 nitrogen and oxygen atoms in total. The molecule has 1 heterocycles. The quantitative estimate of drug-likeness (QED) is 0.116. The molecule has 10 heteroatoms. The molecule has 0 saturated heterocycles. The van der Waals surface area contributed by atoms with Crippen molar-refractivity contribution in [1.29, 1.82) is 0 Å². The van der Waals surface area contributed by atoms with Crippen molar-refractivity contribution in [2.75, 3.05) is 20.2 Å². The second-order valence-corrected chi connectivity index (χ2v) is 7.83. The largest absolute Gasteiger partial charge is 0.484 e. The Morgan fingerprint density at radius 1 is 1.19 bits per heavy atom. The predicted molar refractivity (Wildman–Crippen MR) is 136 cm³/mol. The van der Waals surface area contributed by atoms with Gasteiger partial charge in [0.2, 0.25) is 0 Å². The third kappa shape index (κ3) is 8.22. The molecule has 0 aliphatic rings. The van der Waals surface area contributed by atoms with Crippen LogP contribution in [0.15, 0.2) is 53.7 Å². The van der Waals surface area contributed by atoms with E-state index in [0.29, 0.717) is 36.3 Å². The third-order valence-corrected chi connectivity index (χ3v) is 5.37. The van der Waals surface area contributed by atoms with Crippen LogP contribution in [0, 0.1) is 18.7 Å². The van der Waals surface area contributed by atoms with E-state index in [-0.39, 0.29) is 18.4 Å². The van der Waals surface area contributed by atoms with Gasteiger partial charge in [0.25, 0.3) is 0 Å². The number of alkyl halides is 3. The zero-order chi connectivity index (χ0) is 27.6. The molecule has 0 saturated carbocycles. The Kier molecular flexibility index (Phi) is 10.5. The second-order valence-electron chi connectivity index (χ2n) is 7.83. The molecule has 3 aromatic rings. The van der Waals surface area contributed by atoms with Gasteiger partial charge in [-0.3, -0.25) is 4.79 Å². The summed E-state index contributed by atoms with van der Waals surface area (Å²) < 4.78 is 57.3. The summed E-state index contributed by atoms with van der Waals surface area (Å²) in [6.07, 6.45) is 6.97. The number of carboxylic acids is 1. The van der Waals surface area contributed by atoms with E-state index in [1.807, 2.05) is 18.2 Å². The summed E-state index contributed by atoms with van der Waals surface area (Å²) in [4.78, 5) is 18.7. The van der Waals surface area contributed by atoms with Gasteiger partial charge in [-0.15, -0.1) is 12.8 Å². The molecular formula is C27H27F4N3O3. The highest BCUT2D eigenvalue weighted by molar-refractivity contribution is 5.91. The Morgan fingerprint density at radius 2 is 1.92 bits per heavy atom. The number of hydrogen-bond donors (Lipinski definition) is 3. The van der Waals surface area contributed by atoms with Gasteiger partial charge in [-0.05, 0) is 54.4 Å². The third-order valence-electron chi connectivity index (χ3n) is 5.37. The summed E-state index contributed by atoms with van der Waals surface area (Å²) in [6, 6.07) is 8.05. The summed E-state index contributed by atoms with van der Waals surface area (Å²) in [5.41, 5.74) is 1.95. The Bertz CT molecular complexity index is 1310. The molecule has 2 aromatic carbocycles. The number of benzene rings is 2. The van der Waals surface area contributed by atoms with Crippen LogP contribution in [0.3, 0.4) is 0 Å². The van der Waals surface area contributed by atoms with Gasteiger partial charge in [0.1, 0.15) is 5.82 Å². The smallest absolute Gasteiger partial charge is 0.416 e. The molecule has 196 valence electrons. The summed E-state index contributed by atoms with van der Waals surface area (Å²) in [5, 5.41) is 13.0. The number of aliphatic carboxylic acids is 1. The Morgan fingerprint density at radius 3 is 2.54 bits per heavy atom. The number of nitrogens with one attached hydrogen (secondary N) is 2. The van der Waals surface area contributed by atoms with Crippen molar-refractivity contribution in [3.8, 4) is 12.8 Å². The van der Waals surface area contributed by atoms with Crippen molar-refractivity contribution in [2.24, 2.45) is 4.99 Å². The molecule has 0 radical (unpaired) electrons. The summed E-state index contributed by atoms with van der Waals surface area (Å²) in [6.45, 7) is 2.38. The number of carboxylic acid groups (broad SMARTS) is 1. The zero-order valence-corrected chi connectivity index (χ0v) is 20.3. The molecule has 3 N–H and O–H groups in total. The van der Waals surface area contributed by atoms with Crippen LogP contribution >= 0.6 is 0 Å². The summed E-state index contributed by atoms with van der Waals surface area (Å²) in [5.74, 6) is -1.41. The molecule has 3 rings (SSSR count). The van der Waals surface area contributed by atoms with Crippen molar-refractivity contribution in [1.82, 2.24) is 10.3 Å². The Hall–Kier alpha value is -4.10. The minimum Gasteiger partial charge on any atom is -0.484 e. The van der Waals surface area contributed by atoms with Crippen LogP contribution in [-0.2, 0) is 28.5 Å². The van der Waals surface area contributed by atoms with E-state index >= 15 is 0 Å². The van der Waals surface area contributed by atoms with Crippen LogP contribution < -0.4 is 5.32 Å². The van der Waals surface area contributed by atoms with E-state index in [0.717, 1.165) is 28.6 Å². The maximum Gasteiger partial charge on any atom is 0.416 e. The first-order valence-electron chi connectivity index (χ1n) is 11.1. The predicted octanol–water partition coefficient (Wildman–Crippen LogP) is 5.44. The molecule has 37 heavy (non-hydrogen) atoms. The number of halogens is 4. The Labute approximate surface area is 212 Å². The van der Waals surface area contributed by atoms with Crippen LogP contribution in [0.25, 0.3) is 16.6 Å². The standard InChI is InChI=1S/C25H25F4N3O3.C2H2/c1-15(35-2)32-22(17-4-6-23-20(11-17)18(14-31-23)12-24(33)34)8-10-30-9-7-16-3-5-19(13-21(16)26)25(27,28)29;1-2/h3-6,8,11,13-14,30-31H,7,9-10,12H2,1-2H3,(H,33,34);1-2H/b22-8-,32-15?;. The lowest BCUT2D eigenvalue weighted by atomic mass is 10.1. The van der Waals surface area contributed by atoms with E-state index in [1.165, 1.54) is 7.11 Å². The van der Waals surface area contributed by atoms with E-state index < -0.39 is 23.5 Å². The van der Waals surface area contributed by atoms with Crippen molar-refractivity contribution < 1.29 is 32.2 Å². The maximum atomic E-state index is 14.0. The number of aliphatic imine (C=N–C) groups is 1. The average molecular weight is 518 g/mol. The Balaban J connectivity index is 0.00000235. The van der Waals surface area contributed by atoms with Crippen LogP contribution in [0.4, 0.5) is 17.6 Å². The zero-order valence-electron chi connectivity index (χ0n) is 20.3. The first-order valence-corrected chi connectivity index (χ1v) is 11.1. The molecule has 0 aliphatic heterocycles. The summed E-state index contributed by atoms with van der Waals surface area (Å²) in [7, 11) is 1.49. The highest BCUT2D eigenvalue weighted by atomic mass is 19.4. The number of hydrogen-bond acceptors (Lipinski definition) is 4. The normalized spacial score (nSPS) is 12.2. The number of ether oxygens (including phenoxy) is 1. The lowest BCUT2D eigenvalue weighted by molar-refractivity contribution is -0.138. The average Bonchev–Trinajstić information content (AvgIpc) is 3.25. The number of methoxy groups -OCH3 is 1. The van der Waals surface area contributed by atoms with Crippen molar-refractivity contribution in [2.45, 2.75) is 25.9 Å². The molecule has 0 aliphatic carbocycles. The minimum absolute atomic E-state index is 0.120. The van der Waals surface area contributed by atoms with Gasteiger partial charge in [0, 0.05) is 36.1 Å². The molecule has 0 fully saturated rings. The first kappa shape index (κ1) is 29.1. The van der Waals surface area contributed by atoms with Crippen LogP contribution in [-0.4, -0.2) is 42.2 Å². The topological polar surface area (TPSA) is 86.7 Å². The molecule has 0 atom stereocenters. The van der Waals surface area contributed by atoms with Gasteiger partial charge < -0.3 is 20.1 Å². The number of rotatable bonds is 9. The lowest BCUT2D eigenvalue weighted by Gasteiger charge is -2.10. The summed E-state index contributed by atoms with van der Waals surface area (Å²) >= 11 is 0. The van der Waals surface area contributed by atoms with E-state index in [9.17, 15) is 22.4 Å². The number of aromatic nitrogens is 1. The molecule has 0 bridgehead atoms. The SMILES string of the molecule is C#C.COC(C)=N/C(=C\CNCCc1ccc(C(F)(F)F)cc1F)c1ccc2[nH]cc(CC(=O)O)c2c1. The molecular weight excluding hydrogens is 490 g/mol. The fraction of sp³-hybridized carbons (Fsp3) is 0.259. The van der Waals surface area contributed by atoms with Gasteiger partial charge in [-0.1, -0.05) is 12.1 Å². The van der Waals surface area contributed by atoms with Crippen LogP contribution in [0.5, 0.6) is 0 Å². The number of nitrogens with zero attached hydrogens (tertiary/aromatic N) is 1. The molecule has 0 unspecified atom stereocenters. The fourth-order valence-electron chi connectivity index (χ4n) is 3.51. The first-order chi connectivity index (χ1) is 17.6. The van der Waals surface area contributed by atoms with E-state index in [4.69, 9.17) is 9.84 Å². The van der Waals surface area contributed by atoms with Crippen molar-refractivity contribution in [3.05, 3.63) is 76.7 Å². The van der Waals surface area contributed by atoms with E-state index in [1.54, 1.807) is 19.2 Å². The highest BCUT2D eigenvalue weighted by Crippen LogP contribution is 2.30. The number of carbonyl (C=O) groups is 1. The number of aromatic amines is 1. The highest BCUT2D eigenvalue weighted by Gasteiger charge is 2.31. The monoisotopic (exact) mass is 517 g/mol. The number of H-pyrrole nitrogens is 1. The minimum atomic E-state index is -4.59. The second kappa shape index (κ2) is 13.3. The van der Waals surface area contributed by atoms with Gasteiger partial charge in [-0.25, -0.2) is 9.38 Å². The van der Waals surface area contributed by atoms with Crippen molar-refractivity contribution in [3.63, 3.8) is 0 Å². The molecule has 0 amide bonds. The van der Waals surface area contributed by atoms with Crippen LogP contribution in [0.1, 0.15) is 29.2 Å².